The van der Waals surface area contributed by atoms with Gasteiger partial charge in [-0.2, -0.15) is 13.2 Å². The molecule has 0 saturated carbocycles. The van der Waals surface area contributed by atoms with Gasteiger partial charge in [-0.3, -0.25) is 4.79 Å². The first kappa shape index (κ1) is 28.1. The number of carboxylic acids is 1. The summed E-state index contributed by atoms with van der Waals surface area (Å²) in [6.45, 7) is 9.09. The Kier molecular flexibility index (Phi) is 9.89. The molecule has 0 aromatic carbocycles. The fourth-order valence-electron chi connectivity index (χ4n) is 5.03. The van der Waals surface area contributed by atoms with Gasteiger partial charge in [0.15, 0.2) is 0 Å². The molecule has 9 nitrogen and oxygen atoms in total. The number of amides is 1. The molecule has 12 heteroatoms. The fraction of sp³-hybridized carbons (Fsp3) is 0.750. The molecule has 1 amide bonds. The molecule has 1 aromatic heterocycles. The second-order valence-corrected chi connectivity index (χ2v) is 9.68. The van der Waals surface area contributed by atoms with Crippen molar-refractivity contribution in [3.63, 3.8) is 0 Å². The summed E-state index contributed by atoms with van der Waals surface area (Å²) in [5, 5.41) is 10.2. The Morgan fingerprint density at radius 3 is 2.42 bits per heavy atom. The van der Waals surface area contributed by atoms with Crippen LogP contribution in [-0.2, 0) is 19.1 Å². The summed E-state index contributed by atoms with van der Waals surface area (Å²) in [5.74, 6) is -0.204. The van der Waals surface area contributed by atoms with Crippen LogP contribution in [-0.4, -0.2) is 78.7 Å². The van der Waals surface area contributed by atoms with Crippen molar-refractivity contribution in [3.05, 3.63) is 17.5 Å². The maximum absolute atomic E-state index is 12.4. The first-order chi connectivity index (χ1) is 17.0. The molecule has 4 rings (SSSR count). The molecular formula is C24H35F3N4O5. The van der Waals surface area contributed by atoms with E-state index < -0.39 is 12.1 Å². The van der Waals surface area contributed by atoms with Crippen LogP contribution in [0.2, 0.25) is 0 Å². The van der Waals surface area contributed by atoms with Crippen LogP contribution in [0.1, 0.15) is 43.5 Å². The number of carbonyl (C=O) groups is 2. The molecule has 0 unspecified atom stereocenters. The third-order valence-electron chi connectivity index (χ3n) is 6.89. The van der Waals surface area contributed by atoms with E-state index in [1.54, 1.807) is 0 Å². The number of nitrogens with one attached hydrogen (secondary N) is 1. The van der Waals surface area contributed by atoms with Gasteiger partial charge in [0.05, 0.1) is 19.1 Å². The largest absolute Gasteiger partial charge is 0.490 e. The van der Waals surface area contributed by atoms with Crippen LogP contribution >= 0.6 is 0 Å². The van der Waals surface area contributed by atoms with Crippen molar-refractivity contribution in [1.82, 2.24) is 15.3 Å². The van der Waals surface area contributed by atoms with Crippen LogP contribution in [0.25, 0.3) is 0 Å². The van der Waals surface area contributed by atoms with Crippen molar-refractivity contribution < 1.29 is 37.3 Å². The molecule has 0 radical (unpaired) electrons. The highest BCUT2D eigenvalue weighted by atomic mass is 19.4. The van der Waals surface area contributed by atoms with Crippen molar-refractivity contribution in [2.45, 2.75) is 58.2 Å². The third kappa shape index (κ3) is 8.29. The minimum absolute atomic E-state index is 0.0467. The summed E-state index contributed by atoms with van der Waals surface area (Å²) in [6, 6.07) is 2.01. The number of fused-ring (bicyclic) bond motifs is 1. The predicted molar refractivity (Wildman–Crippen MR) is 125 cm³/mol. The van der Waals surface area contributed by atoms with Gasteiger partial charge in [0, 0.05) is 50.2 Å². The van der Waals surface area contributed by atoms with E-state index in [9.17, 15) is 18.0 Å². The van der Waals surface area contributed by atoms with Gasteiger partial charge in [0.1, 0.15) is 0 Å². The molecule has 4 heterocycles. The fourth-order valence-corrected chi connectivity index (χ4v) is 5.03. The molecule has 0 spiro atoms. The molecule has 2 N–H and O–H groups in total. The lowest BCUT2D eigenvalue weighted by Gasteiger charge is -2.35. The van der Waals surface area contributed by atoms with Gasteiger partial charge in [-0.1, -0.05) is 0 Å². The van der Waals surface area contributed by atoms with Crippen LogP contribution in [0.15, 0.2) is 6.07 Å². The molecule has 3 fully saturated rings. The molecule has 3 atom stereocenters. The van der Waals surface area contributed by atoms with E-state index in [1.807, 2.05) is 19.9 Å². The van der Waals surface area contributed by atoms with Gasteiger partial charge in [0.25, 0.3) is 0 Å². The minimum Gasteiger partial charge on any atom is -0.475 e. The highest BCUT2D eigenvalue weighted by Gasteiger charge is 2.42. The van der Waals surface area contributed by atoms with Crippen molar-refractivity contribution in [1.29, 1.82) is 0 Å². The van der Waals surface area contributed by atoms with Crippen LogP contribution in [0.5, 0.6) is 0 Å². The van der Waals surface area contributed by atoms with Crippen LogP contribution in [0.3, 0.4) is 0 Å². The number of rotatable bonds is 6. The number of hydrogen-bond donors (Lipinski definition) is 2. The highest BCUT2D eigenvalue weighted by molar-refractivity contribution is 5.76. The highest BCUT2D eigenvalue weighted by Crippen LogP contribution is 2.36. The number of anilines is 1. The molecule has 0 aliphatic carbocycles. The normalized spacial score (nSPS) is 24.5. The maximum atomic E-state index is 12.4. The van der Waals surface area contributed by atoms with Crippen LogP contribution < -0.4 is 10.2 Å². The predicted octanol–water partition coefficient (Wildman–Crippen LogP) is 2.89. The second-order valence-electron chi connectivity index (χ2n) is 9.68. The third-order valence-corrected chi connectivity index (χ3v) is 6.89. The Labute approximate surface area is 208 Å². The van der Waals surface area contributed by atoms with Gasteiger partial charge in [0.2, 0.25) is 11.9 Å². The first-order valence-corrected chi connectivity index (χ1v) is 12.4. The molecule has 1 aromatic rings. The summed E-state index contributed by atoms with van der Waals surface area (Å²) in [6.07, 6.45) is -0.239. The average Bonchev–Trinajstić information content (AvgIpc) is 3.21. The van der Waals surface area contributed by atoms with Crippen molar-refractivity contribution in [2.75, 3.05) is 44.4 Å². The SMILES string of the molecule is Cc1cc(C)nc(N2CC[C@@H]3[C@@H](CO[C@H]3CC(=O)NCCC3CCOCC3)C2)n1.O=C(O)C(F)(F)F. The lowest BCUT2D eigenvalue weighted by molar-refractivity contribution is -0.192. The summed E-state index contributed by atoms with van der Waals surface area (Å²) < 4.78 is 43.2. The Morgan fingerprint density at radius 1 is 1.17 bits per heavy atom. The standard InChI is InChI=1S/C22H34N4O3.C2HF3O2/c1-15-11-16(2)25-22(24-15)26-8-4-19-18(13-26)14-29-20(19)12-21(27)23-7-3-17-5-9-28-10-6-17;3-2(4,5)1(6)7/h11,17-20H,3-10,12-14H2,1-2H3,(H,23,27);(H,6,7)/t18-,19-,20+;/m1./s1. The number of ether oxygens (including phenoxy) is 2. The maximum Gasteiger partial charge on any atom is 0.490 e. The smallest absolute Gasteiger partial charge is 0.475 e. The number of alkyl halides is 3. The van der Waals surface area contributed by atoms with Gasteiger partial charge < -0.3 is 24.8 Å². The Morgan fingerprint density at radius 2 is 1.81 bits per heavy atom. The molecule has 3 aliphatic heterocycles. The molecule has 3 aliphatic rings. The topological polar surface area (TPSA) is 114 Å². The van der Waals surface area contributed by atoms with Gasteiger partial charge >= 0.3 is 12.1 Å². The monoisotopic (exact) mass is 516 g/mol. The molecular weight excluding hydrogens is 481 g/mol. The van der Waals surface area contributed by atoms with Gasteiger partial charge in [-0.15, -0.1) is 0 Å². The Hall–Kier alpha value is -2.47. The Balaban J connectivity index is 0.000000454. The average molecular weight is 517 g/mol. The number of halogens is 3. The number of aromatic nitrogens is 2. The Bertz CT molecular complexity index is 875. The van der Waals surface area contributed by atoms with Gasteiger partial charge in [-0.25, -0.2) is 14.8 Å². The molecule has 36 heavy (non-hydrogen) atoms. The van der Waals surface area contributed by atoms with E-state index in [0.717, 1.165) is 82.5 Å². The number of hydrogen-bond acceptors (Lipinski definition) is 7. The quantitative estimate of drug-likeness (QED) is 0.594. The zero-order valence-corrected chi connectivity index (χ0v) is 20.7. The second kappa shape index (κ2) is 12.7. The number of carboxylic acid groups (broad SMARTS) is 1. The molecule has 202 valence electrons. The van der Waals surface area contributed by atoms with Crippen molar-refractivity contribution in [3.8, 4) is 0 Å². The zero-order valence-electron chi connectivity index (χ0n) is 20.7. The summed E-state index contributed by atoms with van der Waals surface area (Å²) >= 11 is 0. The van der Waals surface area contributed by atoms with Crippen molar-refractivity contribution in [2.24, 2.45) is 17.8 Å². The number of carbonyl (C=O) groups excluding carboxylic acids is 1. The molecule has 0 bridgehead atoms. The van der Waals surface area contributed by atoms with E-state index in [4.69, 9.17) is 19.4 Å². The number of piperidine rings is 1. The summed E-state index contributed by atoms with van der Waals surface area (Å²) in [5.41, 5.74) is 2.01. The van der Waals surface area contributed by atoms with E-state index in [0.29, 0.717) is 24.2 Å². The first-order valence-electron chi connectivity index (χ1n) is 12.4. The lowest BCUT2D eigenvalue weighted by Crippen LogP contribution is -2.43. The number of aliphatic carboxylic acids is 1. The van der Waals surface area contributed by atoms with Gasteiger partial charge in [-0.05, 0) is 57.4 Å². The van der Waals surface area contributed by atoms with Crippen LogP contribution in [0.4, 0.5) is 19.1 Å². The van der Waals surface area contributed by atoms with E-state index in [2.05, 4.69) is 20.2 Å². The summed E-state index contributed by atoms with van der Waals surface area (Å²) in [4.78, 5) is 32.8. The minimum atomic E-state index is -5.08. The van der Waals surface area contributed by atoms with Crippen LogP contribution in [0, 0.1) is 31.6 Å². The summed E-state index contributed by atoms with van der Waals surface area (Å²) in [7, 11) is 0. The van der Waals surface area contributed by atoms with E-state index in [1.165, 1.54) is 0 Å². The van der Waals surface area contributed by atoms with E-state index in [-0.39, 0.29) is 12.0 Å². The number of aryl methyl sites for hydroxylation is 2. The lowest BCUT2D eigenvalue weighted by atomic mass is 9.83. The van der Waals surface area contributed by atoms with E-state index >= 15 is 0 Å². The molecule has 3 saturated heterocycles. The zero-order chi connectivity index (χ0) is 26.3. The van der Waals surface area contributed by atoms with Crippen molar-refractivity contribution >= 4 is 17.8 Å². The number of nitrogens with zero attached hydrogens (tertiary/aromatic N) is 3.